The summed E-state index contributed by atoms with van der Waals surface area (Å²) in [6.07, 6.45) is 4.80. The van der Waals surface area contributed by atoms with Gasteiger partial charge in [0, 0.05) is 25.3 Å². The Morgan fingerprint density at radius 2 is 2.11 bits per heavy atom. The van der Waals surface area contributed by atoms with Crippen molar-refractivity contribution in [2.24, 2.45) is 10.9 Å². The summed E-state index contributed by atoms with van der Waals surface area (Å²) < 4.78 is 22.3. The number of sulfonamides is 1. The molecule has 0 amide bonds. The number of hydrogen-bond donors (Lipinski definition) is 2. The van der Waals surface area contributed by atoms with Gasteiger partial charge in [-0.25, -0.2) is 18.5 Å². The second-order valence-electron chi connectivity index (χ2n) is 4.46. The molecule has 0 saturated heterocycles. The molecule has 1 aromatic heterocycles. The predicted octanol–water partition coefficient (Wildman–Crippen LogP) is 0.0466. The maximum atomic E-state index is 11.1. The third-order valence-electron chi connectivity index (χ3n) is 3.23. The van der Waals surface area contributed by atoms with Crippen molar-refractivity contribution in [3.63, 3.8) is 0 Å². The van der Waals surface area contributed by atoms with Crippen LogP contribution in [0.4, 0.5) is 5.82 Å². The van der Waals surface area contributed by atoms with Crippen molar-refractivity contribution in [1.29, 1.82) is 0 Å². The number of aromatic nitrogens is 1. The summed E-state index contributed by atoms with van der Waals surface area (Å²) in [7, 11) is -3.68. The van der Waals surface area contributed by atoms with Gasteiger partial charge in [0.05, 0.1) is 0 Å². The lowest BCUT2D eigenvalue weighted by Gasteiger charge is -2.38. The first-order chi connectivity index (χ1) is 8.52. The van der Waals surface area contributed by atoms with E-state index in [4.69, 9.17) is 10.9 Å². The van der Waals surface area contributed by atoms with Crippen LogP contribution in [0.2, 0.25) is 0 Å². The molecule has 2 rings (SSSR count). The fourth-order valence-electron chi connectivity index (χ4n) is 2.03. The van der Waals surface area contributed by atoms with Crippen LogP contribution in [0.3, 0.4) is 0 Å². The molecule has 18 heavy (non-hydrogen) atoms. The highest BCUT2D eigenvalue weighted by atomic mass is 32.2. The van der Waals surface area contributed by atoms with Crippen LogP contribution in [-0.2, 0) is 10.0 Å². The maximum absolute atomic E-state index is 11.1. The standard InChI is InChI=1S/C11H18N4O2S/c12-6-7-15(9-2-1-3-9)11-5-4-10(8-14-11)18(13,16)17/h4-5,8-9H,1-3,6-7,12H2,(H2,13,16,17). The van der Waals surface area contributed by atoms with E-state index in [9.17, 15) is 8.42 Å². The largest absolute Gasteiger partial charge is 0.352 e. The Balaban J connectivity index is 2.20. The minimum Gasteiger partial charge on any atom is -0.352 e. The zero-order chi connectivity index (χ0) is 13.2. The summed E-state index contributed by atoms with van der Waals surface area (Å²) in [6, 6.07) is 3.65. The van der Waals surface area contributed by atoms with Crippen molar-refractivity contribution in [3.8, 4) is 0 Å². The monoisotopic (exact) mass is 270 g/mol. The van der Waals surface area contributed by atoms with Gasteiger partial charge in [0.2, 0.25) is 10.0 Å². The average molecular weight is 270 g/mol. The third kappa shape index (κ3) is 2.80. The normalized spacial score (nSPS) is 16.3. The van der Waals surface area contributed by atoms with E-state index in [2.05, 4.69) is 9.88 Å². The molecule has 0 aliphatic heterocycles. The molecule has 0 radical (unpaired) electrons. The molecule has 4 N–H and O–H groups in total. The van der Waals surface area contributed by atoms with E-state index >= 15 is 0 Å². The molecule has 1 saturated carbocycles. The predicted molar refractivity (Wildman–Crippen MR) is 69.6 cm³/mol. The van der Waals surface area contributed by atoms with Crippen LogP contribution in [-0.4, -0.2) is 32.5 Å². The first-order valence-electron chi connectivity index (χ1n) is 5.98. The van der Waals surface area contributed by atoms with E-state index in [0.717, 1.165) is 25.2 Å². The Morgan fingerprint density at radius 3 is 2.50 bits per heavy atom. The maximum Gasteiger partial charge on any atom is 0.239 e. The van der Waals surface area contributed by atoms with Crippen LogP contribution < -0.4 is 15.8 Å². The SMILES string of the molecule is NCCN(c1ccc(S(N)(=O)=O)cn1)C1CCC1. The summed E-state index contributed by atoms with van der Waals surface area (Å²) >= 11 is 0. The molecule has 100 valence electrons. The van der Waals surface area contributed by atoms with Gasteiger partial charge in [-0.15, -0.1) is 0 Å². The number of anilines is 1. The van der Waals surface area contributed by atoms with Gasteiger partial charge in [-0.2, -0.15) is 0 Å². The second kappa shape index (κ2) is 5.21. The van der Waals surface area contributed by atoms with Crippen LogP contribution in [0, 0.1) is 0 Å². The van der Waals surface area contributed by atoms with E-state index in [1.807, 2.05) is 0 Å². The fourth-order valence-corrected chi connectivity index (χ4v) is 2.49. The molecule has 1 aliphatic carbocycles. The van der Waals surface area contributed by atoms with E-state index < -0.39 is 10.0 Å². The van der Waals surface area contributed by atoms with Crippen LogP contribution >= 0.6 is 0 Å². The lowest BCUT2D eigenvalue weighted by atomic mass is 9.91. The molecule has 0 atom stereocenters. The van der Waals surface area contributed by atoms with Gasteiger partial charge in [0.1, 0.15) is 10.7 Å². The number of rotatable bonds is 5. The number of pyridine rings is 1. The molecule has 0 aromatic carbocycles. The molecule has 0 bridgehead atoms. The van der Waals surface area contributed by atoms with Gasteiger partial charge in [0.15, 0.2) is 0 Å². The summed E-state index contributed by atoms with van der Waals surface area (Å²) in [6.45, 7) is 1.28. The van der Waals surface area contributed by atoms with Crippen LogP contribution in [0.15, 0.2) is 23.2 Å². The van der Waals surface area contributed by atoms with E-state index in [1.165, 1.54) is 18.7 Å². The summed E-state index contributed by atoms with van der Waals surface area (Å²) in [5.41, 5.74) is 5.60. The highest BCUT2D eigenvalue weighted by Crippen LogP contribution is 2.28. The Kier molecular flexibility index (Phi) is 3.84. The molecular formula is C11H18N4O2S. The zero-order valence-corrected chi connectivity index (χ0v) is 10.9. The second-order valence-corrected chi connectivity index (χ2v) is 6.03. The van der Waals surface area contributed by atoms with Crippen LogP contribution in [0.1, 0.15) is 19.3 Å². The summed E-state index contributed by atoms with van der Waals surface area (Å²) in [4.78, 5) is 6.35. The van der Waals surface area contributed by atoms with Gasteiger partial charge in [0.25, 0.3) is 0 Å². The van der Waals surface area contributed by atoms with Gasteiger partial charge in [-0.05, 0) is 31.4 Å². The van der Waals surface area contributed by atoms with Crippen molar-refractivity contribution >= 4 is 15.8 Å². The highest BCUT2D eigenvalue weighted by molar-refractivity contribution is 7.89. The molecule has 1 fully saturated rings. The molecule has 0 spiro atoms. The number of nitrogens with two attached hydrogens (primary N) is 2. The summed E-state index contributed by atoms with van der Waals surface area (Å²) in [5, 5.41) is 5.04. The first kappa shape index (κ1) is 13.3. The highest BCUT2D eigenvalue weighted by Gasteiger charge is 2.25. The van der Waals surface area contributed by atoms with E-state index in [1.54, 1.807) is 6.07 Å². The Bertz CT molecular complexity index is 496. The van der Waals surface area contributed by atoms with Gasteiger partial charge in [-0.3, -0.25) is 0 Å². The molecule has 6 nitrogen and oxygen atoms in total. The minimum absolute atomic E-state index is 0.0348. The molecule has 1 aliphatic rings. The Hall–Kier alpha value is -1.18. The Labute approximate surface area is 107 Å². The Morgan fingerprint density at radius 1 is 1.39 bits per heavy atom. The van der Waals surface area contributed by atoms with Gasteiger partial charge in [-0.1, -0.05) is 0 Å². The average Bonchev–Trinajstić information content (AvgIpc) is 2.25. The van der Waals surface area contributed by atoms with Crippen LogP contribution in [0.5, 0.6) is 0 Å². The number of hydrogen-bond acceptors (Lipinski definition) is 5. The topological polar surface area (TPSA) is 102 Å². The van der Waals surface area contributed by atoms with Crippen molar-refractivity contribution in [2.75, 3.05) is 18.0 Å². The van der Waals surface area contributed by atoms with Crippen molar-refractivity contribution < 1.29 is 8.42 Å². The zero-order valence-electron chi connectivity index (χ0n) is 10.1. The lowest BCUT2D eigenvalue weighted by Crippen LogP contribution is -2.43. The number of nitrogens with zero attached hydrogens (tertiary/aromatic N) is 2. The molecule has 0 unspecified atom stereocenters. The molecular weight excluding hydrogens is 252 g/mol. The van der Waals surface area contributed by atoms with E-state index in [0.29, 0.717) is 12.6 Å². The smallest absolute Gasteiger partial charge is 0.239 e. The van der Waals surface area contributed by atoms with Gasteiger partial charge < -0.3 is 10.6 Å². The molecule has 7 heteroatoms. The van der Waals surface area contributed by atoms with Crippen molar-refractivity contribution in [2.45, 2.75) is 30.2 Å². The first-order valence-corrected chi connectivity index (χ1v) is 7.52. The quantitative estimate of drug-likeness (QED) is 0.787. The van der Waals surface area contributed by atoms with Crippen molar-refractivity contribution in [3.05, 3.63) is 18.3 Å². The fraction of sp³-hybridized carbons (Fsp3) is 0.545. The lowest BCUT2D eigenvalue weighted by molar-refractivity contribution is 0.386. The molecule has 1 heterocycles. The minimum atomic E-state index is -3.68. The molecule has 1 aromatic rings. The van der Waals surface area contributed by atoms with E-state index in [-0.39, 0.29) is 4.90 Å². The third-order valence-corrected chi connectivity index (χ3v) is 4.13. The number of primary sulfonamides is 1. The van der Waals surface area contributed by atoms with Crippen LogP contribution in [0.25, 0.3) is 0 Å². The van der Waals surface area contributed by atoms with Gasteiger partial charge >= 0.3 is 0 Å². The van der Waals surface area contributed by atoms with Crippen molar-refractivity contribution in [1.82, 2.24) is 4.98 Å². The summed E-state index contributed by atoms with van der Waals surface area (Å²) in [5.74, 6) is 0.762.